The van der Waals surface area contributed by atoms with Crippen molar-refractivity contribution in [2.45, 2.75) is 19.5 Å². The predicted molar refractivity (Wildman–Crippen MR) is 123 cm³/mol. The molecular formula is C26H24N2O5. The van der Waals surface area contributed by atoms with Crippen molar-refractivity contribution in [1.82, 2.24) is 9.88 Å². The molecule has 1 fully saturated rings. The molecule has 0 aliphatic carbocycles. The quantitative estimate of drug-likeness (QED) is 0.351. The number of benzene rings is 2. The molecule has 7 heteroatoms. The highest BCUT2D eigenvalue weighted by Gasteiger charge is 2.46. The smallest absolute Gasteiger partial charge is 0.295 e. The van der Waals surface area contributed by atoms with E-state index in [0.717, 1.165) is 16.7 Å². The van der Waals surface area contributed by atoms with Crippen molar-refractivity contribution in [2.24, 2.45) is 0 Å². The van der Waals surface area contributed by atoms with Gasteiger partial charge < -0.3 is 19.5 Å². The molecule has 1 aliphatic heterocycles. The van der Waals surface area contributed by atoms with Gasteiger partial charge in [0.15, 0.2) is 0 Å². The van der Waals surface area contributed by atoms with Crippen molar-refractivity contribution in [3.8, 4) is 11.5 Å². The number of carbonyl (C=O) groups is 2. The second-order valence-electron chi connectivity index (χ2n) is 7.71. The van der Waals surface area contributed by atoms with Gasteiger partial charge in [-0.3, -0.25) is 14.6 Å². The lowest BCUT2D eigenvalue weighted by atomic mass is 9.92. The summed E-state index contributed by atoms with van der Waals surface area (Å²) in [6.45, 7) is 2.10. The molecule has 2 aromatic carbocycles. The molecule has 1 amide bonds. The zero-order valence-electron chi connectivity index (χ0n) is 18.6. The van der Waals surface area contributed by atoms with E-state index in [2.05, 4.69) is 4.98 Å². The average Bonchev–Trinajstić information content (AvgIpc) is 3.09. The molecule has 4 rings (SSSR count). The van der Waals surface area contributed by atoms with Crippen LogP contribution >= 0.6 is 0 Å². The van der Waals surface area contributed by atoms with E-state index < -0.39 is 17.7 Å². The number of Topliss-reactive ketones (excluding diaryl/α,β-unsaturated/α-hetero) is 1. The number of likely N-dealkylation sites (tertiary alicyclic amines) is 1. The van der Waals surface area contributed by atoms with Gasteiger partial charge in [-0.1, -0.05) is 24.3 Å². The van der Waals surface area contributed by atoms with Gasteiger partial charge in [0.25, 0.3) is 11.7 Å². The Kier molecular flexibility index (Phi) is 6.13. The summed E-state index contributed by atoms with van der Waals surface area (Å²) in [4.78, 5) is 32.0. The summed E-state index contributed by atoms with van der Waals surface area (Å²) in [5, 5.41) is 11.4. The number of aromatic nitrogens is 1. The molecular weight excluding hydrogens is 420 g/mol. The third-order valence-electron chi connectivity index (χ3n) is 5.79. The number of pyridine rings is 1. The Hall–Kier alpha value is -4.13. The highest BCUT2D eigenvalue weighted by Crippen LogP contribution is 2.43. The number of amides is 1. The minimum atomic E-state index is -0.768. The number of aliphatic hydroxyl groups excluding tert-OH is 1. The van der Waals surface area contributed by atoms with Crippen molar-refractivity contribution in [2.75, 3.05) is 14.2 Å². The molecule has 2 heterocycles. The van der Waals surface area contributed by atoms with E-state index in [1.54, 1.807) is 42.7 Å². The summed E-state index contributed by atoms with van der Waals surface area (Å²) >= 11 is 0. The van der Waals surface area contributed by atoms with Gasteiger partial charge in [-0.15, -0.1) is 0 Å². The Morgan fingerprint density at radius 1 is 1.03 bits per heavy atom. The van der Waals surface area contributed by atoms with Crippen LogP contribution in [-0.4, -0.2) is 40.9 Å². The highest BCUT2D eigenvalue weighted by atomic mass is 16.5. The van der Waals surface area contributed by atoms with Gasteiger partial charge in [0.1, 0.15) is 17.3 Å². The number of hydrogen-bond donors (Lipinski definition) is 1. The fourth-order valence-electron chi connectivity index (χ4n) is 4.09. The van der Waals surface area contributed by atoms with E-state index >= 15 is 0 Å². The molecule has 7 nitrogen and oxygen atoms in total. The van der Waals surface area contributed by atoms with E-state index in [1.165, 1.54) is 19.1 Å². The van der Waals surface area contributed by atoms with Crippen LogP contribution in [-0.2, 0) is 16.1 Å². The maximum atomic E-state index is 13.3. The number of aliphatic hydroxyl groups is 1. The standard InChI is InChI=1S/C26H24N2O5/c1-16-6-4-5-7-19(16)23-22(24(29)20-14-18(32-2)8-9-21(20)33-3)25(30)26(31)28(23)15-17-10-12-27-13-11-17/h4-14,23,29H,15H2,1-3H3/b24-22+. The molecule has 1 unspecified atom stereocenters. The van der Waals surface area contributed by atoms with Gasteiger partial charge in [-0.25, -0.2) is 0 Å². The van der Waals surface area contributed by atoms with Crippen LogP contribution in [0.3, 0.4) is 0 Å². The number of aryl methyl sites for hydroxylation is 1. The summed E-state index contributed by atoms with van der Waals surface area (Å²) in [5.41, 5.74) is 2.76. The van der Waals surface area contributed by atoms with Crippen molar-refractivity contribution >= 4 is 17.4 Å². The average molecular weight is 444 g/mol. The first-order valence-corrected chi connectivity index (χ1v) is 10.4. The Labute approximate surface area is 191 Å². The number of ketones is 1. The first-order valence-electron chi connectivity index (χ1n) is 10.4. The minimum absolute atomic E-state index is 0.00918. The fraction of sp³-hybridized carbons (Fsp3) is 0.192. The highest BCUT2D eigenvalue weighted by molar-refractivity contribution is 6.46. The topological polar surface area (TPSA) is 89.0 Å². The Morgan fingerprint density at radius 3 is 2.42 bits per heavy atom. The van der Waals surface area contributed by atoms with Crippen molar-refractivity contribution in [3.05, 3.63) is 94.8 Å². The minimum Gasteiger partial charge on any atom is -0.507 e. The molecule has 0 radical (unpaired) electrons. The number of ether oxygens (including phenoxy) is 2. The maximum absolute atomic E-state index is 13.3. The van der Waals surface area contributed by atoms with E-state index in [4.69, 9.17) is 9.47 Å². The van der Waals surface area contributed by atoms with E-state index in [9.17, 15) is 14.7 Å². The lowest BCUT2D eigenvalue weighted by Crippen LogP contribution is -2.29. The summed E-state index contributed by atoms with van der Waals surface area (Å²) in [6.07, 6.45) is 3.27. The molecule has 1 saturated heterocycles. The van der Waals surface area contributed by atoms with Crippen LogP contribution in [0.2, 0.25) is 0 Å². The van der Waals surface area contributed by atoms with Crippen LogP contribution in [0.15, 0.2) is 72.6 Å². The molecule has 0 bridgehead atoms. The van der Waals surface area contributed by atoms with Crippen LogP contribution in [0.5, 0.6) is 11.5 Å². The molecule has 0 saturated carbocycles. The van der Waals surface area contributed by atoms with Crippen LogP contribution in [0.25, 0.3) is 5.76 Å². The molecule has 33 heavy (non-hydrogen) atoms. The third kappa shape index (κ3) is 4.05. The molecule has 1 aliphatic rings. The first-order chi connectivity index (χ1) is 16.0. The van der Waals surface area contributed by atoms with Crippen molar-refractivity contribution in [3.63, 3.8) is 0 Å². The van der Waals surface area contributed by atoms with Gasteiger partial charge in [0, 0.05) is 18.9 Å². The predicted octanol–water partition coefficient (Wildman–Crippen LogP) is 4.03. The SMILES string of the molecule is COc1ccc(OC)c(/C(O)=C2\C(=O)C(=O)N(Cc3ccncc3)C2c2ccccc2C)c1. The second-order valence-corrected chi connectivity index (χ2v) is 7.71. The summed E-state index contributed by atoms with van der Waals surface area (Å²) in [5.74, 6) is -0.897. The normalized spacial score (nSPS) is 17.3. The lowest BCUT2D eigenvalue weighted by molar-refractivity contribution is -0.140. The maximum Gasteiger partial charge on any atom is 0.295 e. The Balaban J connectivity index is 1.93. The van der Waals surface area contributed by atoms with Gasteiger partial charge in [-0.05, 0) is 53.9 Å². The molecule has 1 N–H and O–H groups in total. The van der Waals surface area contributed by atoms with E-state index in [-0.39, 0.29) is 23.4 Å². The molecule has 1 atom stereocenters. The van der Waals surface area contributed by atoms with Gasteiger partial charge in [-0.2, -0.15) is 0 Å². The van der Waals surface area contributed by atoms with E-state index in [0.29, 0.717) is 11.5 Å². The zero-order valence-corrected chi connectivity index (χ0v) is 18.6. The van der Waals surface area contributed by atoms with Crippen molar-refractivity contribution in [1.29, 1.82) is 0 Å². The Bertz CT molecular complexity index is 1240. The van der Waals surface area contributed by atoms with Crippen LogP contribution in [0.4, 0.5) is 0 Å². The number of rotatable bonds is 6. The summed E-state index contributed by atoms with van der Waals surface area (Å²) in [6, 6.07) is 15.2. The van der Waals surface area contributed by atoms with Crippen LogP contribution in [0, 0.1) is 6.92 Å². The lowest BCUT2D eigenvalue weighted by Gasteiger charge is -2.26. The number of carbonyl (C=O) groups excluding carboxylic acids is 2. The molecule has 3 aromatic rings. The van der Waals surface area contributed by atoms with Crippen LogP contribution < -0.4 is 9.47 Å². The summed E-state index contributed by atoms with van der Waals surface area (Å²) < 4.78 is 10.7. The van der Waals surface area contributed by atoms with E-state index in [1.807, 2.05) is 31.2 Å². The fourth-order valence-corrected chi connectivity index (χ4v) is 4.09. The Morgan fingerprint density at radius 2 is 1.76 bits per heavy atom. The molecule has 1 aromatic heterocycles. The number of hydrogen-bond acceptors (Lipinski definition) is 6. The summed E-state index contributed by atoms with van der Waals surface area (Å²) in [7, 11) is 2.98. The monoisotopic (exact) mass is 444 g/mol. The first kappa shape index (κ1) is 22.1. The second kappa shape index (κ2) is 9.16. The molecule has 168 valence electrons. The zero-order chi connectivity index (χ0) is 23.5. The van der Waals surface area contributed by atoms with Gasteiger partial charge in [0.2, 0.25) is 0 Å². The number of nitrogens with zero attached hydrogens (tertiary/aromatic N) is 2. The van der Waals surface area contributed by atoms with Crippen molar-refractivity contribution < 1.29 is 24.2 Å². The number of methoxy groups -OCH3 is 2. The molecule has 0 spiro atoms. The van der Waals surface area contributed by atoms with Gasteiger partial charge >= 0.3 is 0 Å². The third-order valence-corrected chi connectivity index (χ3v) is 5.79. The largest absolute Gasteiger partial charge is 0.507 e. The van der Waals surface area contributed by atoms with Crippen LogP contribution in [0.1, 0.15) is 28.3 Å². The van der Waals surface area contributed by atoms with Gasteiger partial charge in [0.05, 0.1) is 31.4 Å².